The number of halogens is 5. The normalized spacial score (nSPS) is 17.1. The van der Waals surface area contributed by atoms with Crippen LogP contribution in [0, 0.1) is 5.92 Å². The van der Waals surface area contributed by atoms with Gasteiger partial charge in [-0.25, -0.2) is 0 Å². The number of carbonyl (C=O) groups is 1. The molecule has 21 heavy (non-hydrogen) atoms. The van der Waals surface area contributed by atoms with E-state index >= 15 is 0 Å². The van der Waals surface area contributed by atoms with Gasteiger partial charge >= 0.3 is 6.18 Å². The lowest BCUT2D eigenvalue weighted by Gasteiger charge is -2.33. The van der Waals surface area contributed by atoms with Crippen LogP contribution in [-0.2, 0) is 0 Å². The maximum Gasteiger partial charge on any atom is 0.391 e. The standard InChI is InChI=1S/C13H13Cl2F3N2O/c14-9-5-7(6-10(15)11(9)19)12(21)20-3-1-8(2-4-20)13(16,17)18/h5-6,8H,1-4,19H2. The third-order valence-electron chi connectivity index (χ3n) is 3.57. The minimum Gasteiger partial charge on any atom is -0.396 e. The molecule has 0 aliphatic carbocycles. The van der Waals surface area contributed by atoms with E-state index in [-0.39, 0.29) is 53.1 Å². The monoisotopic (exact) mass is 340 g/mol. The van der Waals surface area contributed by atoms with Gasteiger partial charge in [0.25, 0.3) is 5.91 Å². The molecule has 3 nitrogen and oxygen atoms in total. The molecule has 0 aromatic heterocycles. The van der Waals surface area contributed by atoms with Crippen LogP contribution in [-0.4, -0.2) is 30.1 Å². The van der Waals surface area contributed by atoms with Crippen LogP contribution < -0.4 is 5.73 Å². The number of nitrogens with two attached hydrogens (primary N) is 1. The topological polar surface area (TPSA) is 46.3 Å². The van der Waals surface area contributed by atoms with E-state index in [4.69, 9.17) is 28.9 Å². The van der Waals surface area contributed by atoms with E-state index in [0.29, 0.717) is 0 Å². The third kappa shape index (κ3) is 3.55. The number of hydrogen-bond acceptors (Lipinski definition) is 2. The Balaban J connectivity index is 2.09. The van der Waals surface area contributed by atoms with Gasteiger partial charge < -0.3 is 10.6 Å². The Morgan fingerprint density at radius 3 is 2.10 bits per heavy atom. The molecular weight excluding hydrogens is 328 g/mol. The minimum atomic E-state index is -4.21. The number of amides is 1. The van der Waals surface area contributed by atoms with Crippen LogP contribution >= 0.6 is 23.2 Å². The van der Waals surface area contributed by atoms with Gasteiger partial charge in [-0.15, -0.1) is 0 Å². The van der Waals surface area contributed by atoms with Gasteiger partial charge in [-0.05, 0) is 25.0 Å². The lowest BCUT2D eigenvalue weighted by Crippen LogP contribution is -2.42. The van der Waals surface area contributed by atoms with Crippen molar-refractivity contribution in [3.05, 3.63) is 27.7 Å². The van der Waals surface area contributed by atoms with Gasteiger partial charge in [-0.1, -0.05) is 23.2 Å². The van der Waals surface area contributed by atoms with E-state index in [1.54, 1.807) is 0 Å². The molecule has 1 saturated heterocycles. The summed E-state index contributed by atoms with van der Waals surface area (Å²) < 4.78 is 37.8. The molecular formula is C13H13Cl2F3N2O. The Hall–Kier alpha value is -1.14. The lowest BCUT2D eigenvalue weighted by molar-refractivity contribution is -0.183. The van der Waals surface area contributed by atoms with Gasteiger partial charge in [-0.2, -0.15) is 13.2 Å². The van der Waals surface area contributed by atoms with E-state index in [9.17, 15) is 18.0 Å². The molecule has 1 heterocycles. The summed E-state index contributed by atoms with van der Waals surface area (Å²) in [6, 6.07) is 2.75. The second-order valence-corrected chi connectivity index (χ2v) is 5.78. The van der Waals surface area contributed by atoms with E-state index < -0.39 is 12.1 Å². The average molecular weight is 341 g/mol. The number of nitrogens with zero attached hydrogens (tertiary/aromatic N) is 1. The zero-order valence-electron chi connectivity index (χ0n) is 10.9. The van der Waals surface area contributed by atoms with E-state index in [2.05, 4.69) is 0 Å². The van der Waals surface area contributed by atoms with Crippen molar-refractivity contribution in [3.8, 4) is 0 Å². The van der Waals surface area contributed by atoms with Gasteiger partial charge in [0.1, 0.15) is 0 Å². The van der Waals surface area contributed by atoms with E-state index in [1.165, 1.54) is 17.0 Å². The van der Waals surface area contributed by atoms with Crippen LogP contribution in [0.25, 0.3) is 0 Å². The first-order chi connectivity index (χ1) is 9.70. The van der Waals surface area contributed by atoms with Crippen molar-refractivity contribution in [1.82, 2.24) is 4.90 Å². The highest BCUT2D eigenvalue weighted by atomic mass is 35.5. The summed E-state index contributed by atoms with van der Waals surface area (Å²) in [5, 5.41) is 0.298. The molecule has 1 aromatic rings. The molecule has 0 radical (unpaired) electrons. The number of benzene rings is 1. The number of anilines is 1. The summed E-state index contributed by atoms with van der Waals surface area (Å²) in [5.74, 6) is -1.74. The van der Waals surface area contributed by atoms with Crippen LogP contribution in [0.5, 0.6) is 0 Å². The summed E-state index contributed by atoms with van der Waals surface area (Å²) in [4.78, 5) is 13.6. The molecule has 2 N–H and O–H groups in total. The maximum absolute atomic E-state index is 12.6. The summed E-state index contributed by atoms with van der Waals surface area (Å²) in [5.41, 5.74) is 5.98. The van der Waals surface area contributed by atoms with Gasteiger partial charge in [0.2, 0.25) is 0 Å². The first-order valence-electron chi connectivity index (χ1n) is 6.30. The maximum atomic E-state index is 12.6. The zero-order valence-corrected chi connectivity index (χ0v) is 12.4. The highest BCUT2D eigenvalue weighted by molar-refractivity contribution is 6.39. The fourth-order valence-electron chi connectivity index (χ4n) is 2.30. The Morgan fingerprint density at radius 1 is 1.19 bits per heavy atom. The molecule has 0 atom stereocenters. The first-order valence-corrected chi connectivity index (χ1v) is 7.06. The van der Waals surface area contributed by atoms with Crippen molar-refractivity contribution in [2.45, 2.75) is 19.0 Å². The number of piperidine rings is 1. The Kier molecular flexibility index (Phi) is 4.58. The molecule has 0 unspecified atom stereocenters. The molecule has 1 aromatic carbocycles. The van der Waals surface area contributed by atoms with Gasteiger partial charge in [0.05, 0.1) is 21.7 Å². The van der Waals surface area contributed by atoms with Crippen LogP contribution in [0.4, 0.5) is 18.9 Å². The van der Waals surface area contributed by atoms with Crippen LogP contribution in [0.15, 0.2) is 12.1 Å². The van der Waals surface area contributed by atoms with Crippen molar-refractivity contribution in [2.75, 3.05) is 18.8 Å². The van der Waals surface area contributed by atoms with Gasteiger partial charge in [0, 0.05) is 18.7 Å². The number of nitrogen functional groups attached to an aromatic ring is 1. The molecule has 2 rings (SSSR count). The van der Waals surface area contributed by atoms with Crippen molar-refractivity contribution in [1.29, 1.82) is 0 Å². The second kappa shape index (κ2) is 5.93. The number of rotatable bonds is 1. The number of alkyl halides is 3. The molecule has 1 aliphatic heterocycles. The molecule has 1 fully saturated rings. The fraction of sp³-hybridized carbons (Fsp3) is 0.462. The second-order valence-electron chi connectivity index (χ2n) is 4.96. The average Bonchev–Trinajstić information content (AvgIpc) is 2.42. The van der Waals surface area contributed by atoms with Crippen molar-refractivity contribution < 1.29 is 18.0 Å². The Morgan fingerprint density at radius 2 is 1.67 bits per heavy atom. The van der Waals surface area contributed by atoms with E-state index in [1.807, 2.05) is 0 Å². The SMILES string of the molecule is Nc1c(Cl)cc(C(=O)N2CCC(C(F)(F)F)CC2)cc1Cl. The summed E-state index contributed by atoms with van der Waals surface area (Å²) in [7, 11) is 0. The fourth-order valence-corrected chi connectivity index (χ4v) is 2.79. The zero-order chi connectivity index (χ0) is 15.8. The first kappa shape index (κ1) is 16.2. The molecule has 116 valence electrons. The predicted molar refractivity (Wildman–Crippen MR) is 75.6 cm³/mol. The summed E-state index contributed by atoms with van der Waals surface area (Å²) >= 11 is 11.7. The minimum absolute atomic E-state index is 0.0582. The molecule has 0 saturated carbocycles. The van der Waals surface area contributed by atoms with Crippen LogP contribution in [0.1, 0.15) is 23.2 Å². The van der Waals surface area contributed by atoms with Gasteiger partial charge in [0.15, 0.2) is 0 Å². The smallest absolute Gasteiger partial charge is 0.391 e. The highest BCUT2D eigenvalue weighted by Crippen LogP contribution is 2.35. The Bertz CT molecular complexity index is 532. The predicted octanol–water partition coefficient (Wildman–Crippen LogP) is 3.99. The molecule has 0 spiro atoms. The number of likely N-dealkylation sites (tertiary alicyclic amines) is 1. The molecule has 1 amide bonds. The van der Waals surface area contributed by atoms with Gasteiger partial charge in [-0.3, -0.25) is 4.79 Å². The largest absolute Gasteiger partial charge is 0.396 e. The van der Waals surface area contributed by atoms with Crippen molar-refractivity contribution in [3.63, 3.8) is 0 Å². The van der Waals surface area contributed by atoms with E-state index in [0.717, 1.165) is 0 Å². The molecule has 0 bridgehead atoms. The Labute approximate surface area is 129 Å². The molecule has 1 aliphatic rings. The number of carbonyl (C=O) groups excluding carboxylic acids is 1. The highest BCUT2D eigenvalue weighted by Gasteiger charge is 2.41. The van der Waals surface area contributed by atoms with Crippen molar-refractivity contribution in [2.24, 2.45) is 5.92 Å². The van der Waals surface area contributed by atoms with Crippen LogP contribution in [0.3, 0.4) is 0 Å². The lowest BCUT2D eigenvalue weighted by atomic mass is 9.96. The third-order valence-corrected chi connectivity index (χ3v) is 4.20. The quantitative estimate of drug-likeness (QED) is 0.785. The van der Waals surface area contributed by atoms with Crippen LogP contribution in [0.2, 0.25) is 10.0 Å². The van der Waals surface area contributed by atoms with Crippen molar-refractivity contribution >= 4 is 34.8 Å². The number of hydrogen-bond donors (Lipinski definition) is 1. The summed E-state index contributed by atoms with van der Waals surface area (Å²) in [6.07, 6.45) is -4.39. The molecule has 8 heteroatoms. The summed E-state index contributed by atoms with van der Waals surface area (Å²) in [6.45, 7) is 0.116.